The quantitative estimate of drug-likeness (QED) is 0.663. The predicted octanol–water partition coefficient (Wildman–Crippen LogP) is 4.26. The van der Waals surface area contributed by atoms with Gasteiger partial charge in [-0.1, -0.05) is 17.7 Å². The first kappa shape index (κ1) is 18.0. The molecule has 1 N–H and O–H groups in total. The number of carbonyl (C=O) groups excluding carboxylic acids is 2. The van der Waals surface area contributed by atoms with Crippen molar-refractivity contribution < 1.29 is 19.1 Å². The van der Waals surface area contributed by atoms with Crippen LogP contribution in [0, 0.1) is 0 Å². The summed E-state index contributed by atoms with van der Waals surface area (Å²) in [6.45, 7) is 7.36. The van der Waals surface area contributed by atoms with Gasteiger partial charge in [0.05, 0.1) is 17.3 Å². The molecule has 22 heavy (non-hydrogen) atoms. The molecule has 0 radical (unpaired) electrons. The molecule has 1 rings (SSSR count). The molecule has 0 spiro atoms. The van der Waals surface area contributed by atoms with E-state index in [-0.39, 0.29) is 0 Å². The van der Waals surface area contributed by atoms with E-state index in [0.29, 0.717) is 22.9 Å². The summed E-state index contributed by atoms with van der Waals surface area (Å²) in [6.07, 6.45) is 2.29. The Morgan fingerprint density at radius 1 is 1.32 bits per heavy atom. The monoisotopic (exact) mass is 325 g/mol. The molecule has 0 unspecified atom stereocenters. The largest absolute Gasteiger partial charge is 0.463 e. The highest BCUT2D eigenvalue weighted by molar-refractivity contribution is 6.33. The molecular formula is C16H20ClNO4. The van der Waals surface area contributed by atoms with E-state index >= 15 is 0 Å². The molecule has 1 amide bonds. The Bertz CT molecular complexity index is 576. The lowest BCUT2D eigenvalue weighted by Gasteiger charge is -2.20. The summed E-state index contributed by atoms with van der Waals surface area (Å²) in [5.41, 5.74) is 0.503. The summed E-state index contributed by atoms with van der Waals surface area (Å²) < 4.78 is 9.96. The smallest absolute Gasteiger partial charge is 0.412 e. The third-order valence-corrected chi connectivity index (χ3v) is 2.65. The Morgan fingerprint density at radius 2 is 2.00 bits per heavy atom. The van der Waals surface area contributed by atoms with Gasteiger partial charge in [-0.3, -0.25) is 5.32 Å². The highest BCUT2D eigenvalue weighted by atomic mass is 35.5. The van der Waals surface area contributed by atoms with Gasteiger partial charge in [-0.15, -0.1) is 0 Å². The average Bonchev–Trinajstić information content (AvgIpc) is 2.38. The fourth-order valence-corrected chi connectivity index (χ4v) is 1.68. The third kappa shape index (κ3) is 6.63. The molecule has 1 aromatic rings. The Hall–Kier alpha value is -2.01. The second kappa shape index (κ2) is 7.84. The maximum atomic E-state index is 11.8. The van der Waals surface area contributed by atoms with Crippen LogP contribution < -0.4 is 5.32 Å². The van der Waals surface area contributed by atoms with Crippen molar-refractivity contribution in [3.05, 3.63) is 34.9 Å². The molecule has 0 saturated carbocycles. The molecule has 0 atom stereocenters. The number of benzene rings is 1. The highest BCUT2D eigenvalue weighted by Gasteiger charge is 2.17. The maximum Gasteiger partial charge on any atom is 0.412 e. The lowest BCUT2D eigenvalue weighted by atomic mass is 10.2. The number of nitrogens with one attached hydrogen (secondary N) is 1. The lowest BCUT2D eigenvalue weighted by molar-refractivity contribution is -0.137. The van der Waals surface area contributed by atoms with Crippen LogP contribution in [0.4, 0.5) is 10.5 Å². The van der Waals surface area contributed by atoms with Crippen LogP contribution in [0.25, 0.3) is 6.08 Å². The number of halogens is 1. The van der Waals surface area contributed by atoms with E-state index in [2.05, 4.69) is 5.32 Å². The van der Waals surface area contributed by atoms with Crippen LogP contribution in [0.1, 0.15) is 33.3 Å². The molecule has 0 aliphatic heterocycles. The number of hydrogen-bond acceptors (Lipinski definition) is 4. The van der Waals surface area contributed by atoms with Gasteiger partial charge >= 0.3 is 12.1 Å². The molecule has 0 saturated heterocycles. The molecule has 5 nitrogen and oxygen atoms in total. The normalized spacial score (nSPS) is 11.3. The van der Waals surface area contributed by atoms with Gasteiger partial charge in [-0.05, 0) is 51.5 Å². The van der Waals surface area contributed by atoms with Crippen LogP contribution in [0.5, 0.6) is 0 Å². The minimum absolute atomic E-state index is 0.315. The SMILES string of the molecule is CCOC(=O)/C=C/c1ccc(Cl)c(NC(=O)OC(C)(C)C)c1. The van der Waals surface area contributed by atoms with E-state index in [1.54, 1.807) is 52.0 Å². The van der Waals surface area contributed by atoms with Crippen molar-refractivity contribution in [1.29, 1.82) is 0 Å². The zero-order valence-electron chi connectivity index (χ0n) is 13.1. The molecule has 120 valence electrons. The van der Waals surface area contributed by atoms with E-state index in [9.17, 15) is 9.59 Å². The number of rotatable bonds is 4. The molecule has 0 bridgehead atoms. The number of hydrogen-bond donors (Lipinski definition) is 1. The second-order valence-corrected chi connectivity index (χ2v) is 5.86. The first-order chi connectivity index (χ1) is 10.2. The Morgan fingerprint density at radius 3 is 2.59 bits per heavy atom. The van der Waals surface area contributed by atoms with Crippen molar-refractivity contribution in [2.75, 3.05) is 11.9 Å². The van der Waals surface area contributed by atoms with Crippen LogP contribution in [0.3, 0.4) is 0 Å². The summed E-state index contributed by atoms with van der Waals surface area (Å²) in [4.78, 5) is 23.0. The van der Waals surface area contributed by atoms with E-state index < -0.39 is 17.7 Å². The first-order valence-corrected chi connectivity index (χ1v) is 7.23. The van der Waals surface area contributed by atoms with Crippen LogP contribution in [-0.2, 0) is 14.3 Å². The second-order valence-electron chi connectivity index (χ2n) is 5.45. The summed E-state index contributed by atoms with van der Waals surface area (Å²) in [6, 6.07) is 4.99. The number of esters is 1. The van der Waals surface area contributed by atoms with Crippen LogP contribution in [-0.4, -0.2) is 24.3 Å². The van der Waals surface area contributed by atoms with Crippen molar-refractivity contribution >= 4 is 35.4 Å². The van der Waals surface area contributed by atoms with Crippen LogP contribution in [0.15, 0.2) is 24.3 Å². The Balaban J connectivity index is 2.82. The van der Waals surface area contributed by atoms with Gasteiger partial charge < -0.3 is 9.47 Å². The van der Waals surface area contributed by atoms with E-state index in [0.717, 1.165) is 0 Å². The van der Waals surface area contributed by atoms with Gasteiger partial charge in [0.25, 0.3) is 0 Å². The van der Waals surface area contributed by atoms with E-state index in [4.69, 9.17) is 21.1 Å². The van der Waals surface area contributed by atoms with Crippen LogP contribution in [0.2, 0.25) is 5.02 Å². The van der Waals surface area contributed by atoms with Gasteiger partial charge in [0, 0.05) is 6.08 Å². The van der Waals surface area contributed by atoms with Crippen molar-refractivity contribution in [3.63, 3.8) is 0 Å². The molecule has 0 aliphatic rings. The number of ether oxygens (including phenoxy) is 2. The third-order valence-electron chi connectivity index (χ3n) is 2.32. The van der Waals surface area contributed by atoms with Crippen molar-refractivity contribution in [1.82, 2.24) is 0 Å². The summed E-state index contributed by atoms with van der Waals surface area (Å²) in [7, 11) is 0. The molecule has 1 aromatic carbocycles. The van der Waals surface area contributed by atoms with E-state index in [1.165, 1.54) is 6.08 Å². The zero-order chi connectivity index (χ0) is 16.8. The Labute approximate surface area is 135 Å². The minimum atomic E-state index is -0.599. The summed E-state index contributed by atoms with van der Waals surface area (Å²) in [5.74, 6) is -0.431. The first-order valence-electron chi connectivity index (χ1n) is 6.85. The fourth-order valence-electron chi connectivity index (χ4n) is 1.51. The molecule has 6 heteroatoms. The molecule has 0 fully saturated rings. The van der Waals surface area contributed by atoms with E-state index in [1.807, 2.05) is 0 Å². The summed E-state index contributed by atoms with van der Waals surface area (Å²) >= 11 is 6.04. The average molecular weight is 326 g/mol. The predicted molar refractivity (Wildman–Crippen MR) is 87.0 cm³/mol. The molecule has 0 aliphatic carbocycles. The molecular weight excluding hydrogens is 306 g/mol. The van der Waals surface area contributed by atoms with Crippen molar-refractivity contribution in [3.8, 4) is 0 Å². The zero-order valence-corrected chi connectivity index (χ0v) is 13.9. The van der Waals surface area contributed by atoms with Gasteiger partial charge in [-0.25, -0.2) is 9.59 Å². The number of carbonyl (C=O) groups is 2. The van der Waals surface area contributed by atoms with Gasteiger partial charge in [0.2, 0.25) is 0 Å². The van der Waals surface area contributed by atoms with Crippen molar-refractivity contribution in [2.24, 2.45) is 0 Å². The lowest BCUT2D eigenvalue weighted by Crippen LogP contribution is -2.27. The van der Waals surface area contributed by atoms with Gasteiger partial charge in [-0.2, -0.15) is 0 Å². The van der Waals surface area contributed by atoms with Gasteiger partial charge in [0.15, 0.2) is 0 Å². The standard InChI is InChI=1S/C16H20ClNO4/c1-5-21-14(19)9-7-11-6-8-12(17)13(10-11)18-15(20)22-16(2,3)4/h6-10H,5H2,1-4H3,(H,18,20)/b9-7+. The number of anilines is 1. The highest BCUT2D eigenvalue weighted by Crippen LogP contribution is 2.24. The van der Waals surface area contributed by atoms with Gasteiger partial charge in [0.1, 0.15) is 5.60 Å². The Kier molecular flexibility index (Phi) is 6.43. The van der Waals surface area contributed by atoms with Crippen molar-refractivity contribution in [2.45, 2.75) is 33.3 Å². The van der Waals surface area contributed by atoms with Crippen LogP contribution >= 0.6 is 11.6 Å². The molecule has 0 aromatic heterocycles. The fraction of sp³-hybridized carbons (Fsp3) is 0.375. The minimum Gasteiger partial charge on any atom is -0.463 e. The topological polar surface area (TPSA) is 64.6 Å². The molecule has 0 heterocycles. The summed E-state index contributed by atoms with van der Waals surface area (Å²) in [5, 5.41) is 2.95. The number of amides is 1. The maximum absolute atomic E-state index is 11.8.